The van der Waals surface area contributed by atoms with Crippen molar-refractivity contribution < 1.29 is 9.90 Å². The van der Waals surface area contributed by atoms with E-state index in [1.165, 1.54) is 32.7 Å². The van der Waals surface area contributed by atoms with E-state index >= 15 is 0 Å². The predicted molar refractivity (Wildman–Crippen MR) is 117 cm³/mol. The van der Waals surface area contributed by atoms with E-state index in [0.29, 0.717) is 24.9 Å². The zero-order valence-corrected chi connectivity index (χ0v) is 17.6. The van der Waals surface area contributed by atoms with Gasteiger partial charge in [0.15, 0.2) is 0 Å². The van der Waals surface area contributed by atoms with Crippen LogP contribution < -0.4 is 0 Å². The second kappa shape index (κ2) is 7.54. The fourth-order valence-corrected chi connectivity index (χ4v) is 4.69. The molecule has 4 rings (SSSR count). The van der Waals surface area contributed by atoms with E-state index in [0.717, 1.165) is 29.7 Å². The molecule has 152 valence electrons. The number of rotatable bonds is 3. The lowest BCUT2D eigenvalue weighted by Gasteiger charge is -2.30. The second-order valence-corrected chi connectivity index (χ2v) is 8.56. The Morgan fingerprint density at radius 1 is 1.14 bits per heavy atom. The molecule has 1 aliphatic heterocycles. The Hall–Kier alpha value is -2.82. The van der Waals surface area contributed by atoms with E-state index in [1.54, 1.807) is 0 Å². The number of nitrogens with zero attached hydrogens (tertiary/aromatic N) is 2. The molecule has 0 saturated carbocycles. The predicted octanol–water partition coefficient (Wildman–Crippen LogP) is 5.83. The number of fused-ring (bicyclic) bond motifs is 1. The normalized spacial score (nSPS) is 15.4. The Balaban J connectivity index is 1.75. The van der Waals surface area contributed by atoms with Crippen LogP contribution in [0.1, 0.15) is 61.0 Å². The van der Waals surface area contributed by atoms with Crippen LogP contribution in [-0.4, -0.2) is 39.2 Å². The van der Waals surface area contributed by atoms with Crippen molar-refractivity contribution >= 4 is 17.0 Å². The van der Waals surface area contributed by atoms with Crippen molar-refractivity contribution in [3.8, 4) is 11.3 Å². The molecule has 0 aliphatic carbocycles. The monoisotopic (exact) mass is 391 g/mol. The number of H-pyrrole nitrogens is 1. The molecular formula is C24H29N3O2. The minimum atomic E-state index is -0.806. The summed E-state index contributed by atoms with van der Waals surface area (Å²) in [5.74, 6) is 0.801. The summed E-state index contributed by atoms with van der Waals surface area (Å²) in [6.07, 6.45) is 0.961. The summed E-state index contributed by atoms with van der Waals surface area (Å²) >= 11 is 0. The molecule has 5 nitrogen and oxygen atoms in total. The molecule has 5 heteroatoms. The molecule has 0 radical (unpaired) electrons. The number of nitrogens with one attached hydrogen (secondary N) is 1. The van der Waals surface area contributed by atoms with Crippen LogP contribution in [0, 0.1) is 13.8 Å². The van der Waals surface area contributed by atoms with Gasteiger partial charge in [-0.05, 0) is 73.9 Å². The van der Waals surface area contributed by atoms with E-state index in [4.69, 9.17) is 0 Å². The van der Waals surface area contributed by atoms with Crippen LogP contribution in [0.15, 0.2) is 30.3 Å². The molecule has 1 fully saturated rings. The summed E-state index contributed by atoms with van der Waals surface area (Å²) in [5, 5.41) is 10.5. The minimum Gasteiger partial charge on any atom is -0.465 e. The van der Waals surface area contributed by atoms with Crippen molar-refractivity contribution in [1.82, 2.24) is 14.9 Å². The van der Waals surface area contributed by atoms with E-state index in [-0.39, 0.29) is 0 Å². The Bertz CT molecular complexity index is 1040. The zero-order valence-electron chi connectivity index (χ0n) is 17.6. The third kappa shape index (κ3) is 3.74. The summed E-state index contributed by atoms with van der Waals surface area (Å²) < 4.78 is 0. The van der Waals surface area contributed by atoms with Crippen molar-refractivity contribution in [2.75, 3.05) is 13.1 Å². The maximum atomic E-state index is 11.2. The van der Waals surface area contributed by atoms with Crippen molar-refractivity contribution in [2.24, 2.45) is 0 Å². The SMILES string of the molecule is Cc1cc(-c2[nH]c3ccc(C4CCN(C(=O)O)CC4)cc3c2C(C)C)cc(C)n1. The molecule has 1 saturated heterocycles. The van der Waals surface area contributed by atoms with Crippen LogP contribution in [0.3, 0.4) is 0 Å². The largest absolute Gasteiger partial charge is 0.465 e. The second-order valence-electron chi connectivity index (χ2n) is 8.56. The van der Waals surface area contributed by atoms with Gasteiger partial charge in [0.1, 0.15) is 0 Å². The standard InChI is InChI=1S/C24H29N3O2/c1-14(2)22-20-13-18(17-7-9-27(10-8-17)24(28)29)5-6-21(20)26-23(22)19-11-15(3)25-16(4)12-19/h5-6,11-14,17,26H,7-10H2,1-4H3,(H,28,29). The van der Waals surface area contributed by atoms with Crippen LogP contribution in [0.2, 0.25) is 0 Å². The van der Waals surface area contributed by atoms with Crippen molar-refractivity contribution in [1.29, 1.82) is 0 Å². The number of carbonyl (C=O) groups is 1. The van der Waals surface area contributed by atoms with Gasteiger partial charge in [-0.1, -0.05) is 19.9 Å². The number of carboxylic acid groups (broad SMARTS) is 1. The number of amides is 1. The van der Waals surface area contributed by atoms with Gasteiger partial charge in [0, 0.05) is 40.9 Å². The highest BCUT2D eigenvalue weighted by Gasteiger charge is 2.24. The molecule has 29 heavy (non-hydrogen) atoms. The van der Waals surface area contributed by atoms with Gasteiger partial charge in [0.05, 0.1) is 5.69 Å². The Labute approximate surface area is 171 Å². The number of benzene rings is 1. The lowest BCUT2D eigenvalue weighted by molar-refractivity contribution is 0.132. The fourth-order valence-electron chi connectivity index (χ4n) is 4.69. The Kier molecular flexibility index (Phi) is 5.07. The number of aromatic amines is 1. The first-order valence-corrected chi connectivity index (χ1v) is 10.4. The van der Waals surface area contributed by atoms with Gasteiger partial charge in [-0.3, -0.25) is 4.98 Å². The topological polar surface area (TPSA) is 69.2 Å². The summed E-state index contributed by atoms with van der Waals surface area (Å²) in [6.45, 7) is 9.79. The summed E-state index contributed by atoms with van der Waals surface area (Å²) in [4.78, 5) is 20.9. The zero-order chi connectivity index (χ0) is 20.7. The van der Waals surface area contributed by atoms with E-state index in [1.807, 2.05) is 13.8 Å². The lowest BCUT2D eigenvalue weighted by atomic mass is 9.87. The average molecular weight is 392 g/mol. The molecule has 0 spiro atoms. The molecule has 0 unspecified atom stereocenters. The number of aryl methyl sites for hydroxylation is 2. The molecule has 1 aromatic carbocycles. The molecule has 3 heterocycles. The number of hydrogen-bond acceptors (Lipinski definition) is 2. The van der Waals surface area contributed by atoms with Crippen LogP contribution >= 0.6 is 0 Å². The van der Waals surface area contributed by atoms with Crippen LogP contribution in [0.25, 0.3) is 22.2 Å². The summed E-state index contributed by atoms with van der Waals surface area (Å²) in [6, 6.07) is 11.0. The highest BCUT2D eigenvalue weighted by molar-refractivity contribution is 5.92. The van der Waals surface area contributed by atoms with E-state index in [9.17, 15) is 9.90 Å². The smallest absolute Gasteiger partial charge is 0.407 e. The van der Waals surface area contributed by atoms with Gasteiger partial charge in [0.2, 0.25) is 0 Å². The van der Waals surface area contributed by atoms with Crippen molar-refractivity contribution in [3.63, 3.8) is 0 Å². The summed E-state index contributed by atoms with van der Waals surface area (Å²) in [7, 11) is 0. The molecular weight excluding hydrogens is 362 g/mol. The van der Waals surface area contributed by atoms with Crippen molar-refractivity contribution in [2.45, 2.75) is 52.4 Å². The number of pyridine rings is 1. The highest BCUT2D eigenvalue weighted by Crippen LogP contribution is 2.38. The summed E-state index contributed by atoms with van der Waals surface area (Å²) in [5.41, 5.74) is 8.24. The van der Waals surface area contributed by atoms with Crippen LogP contribution in [0.5, 0.6) is 0 Å². The molecule has 0 bridgehead atoms. The molecule has 2 aromatic heterocycles. The van der Waals surface area contributed by atoms with Crippen LogP contribution in [0.4, 0.5) is 4.79 Å². The maximum absolute atomic E-state index is 11.2. The lowest BCUT2D eigenvalue weighted by Crippen LogP contribution is -2.36. The van der Waals surface area contributed by atoms with Gasteiger partial charge >= 0.3 is 6.09 Å². The molecule has 1 aliphatic rings. The third-order valence-electron chi connectivity index (χ3n) is 6.05. The van der Waals surface area contributed by atoms with Crippen LogP contribution in [-0.2, 0) is 0 Å². The molecule has 0 atom stereocenters. The quantitative estimate of drug-likeness (QED) is 0.590. The first-order valence-electron chi connectivity index (χ1n) is 10.4. The van der Waals surface area contributed by atoms with Crippen molar-refractivity contribution in [3.05, 3.63) is 52.8 Å². The first-order chi connectivity index (χ1) is 13.8. The highest BCUT2D eigenvalue weighted by atomic mass is 16.4. The molecule has 1 amide bonds. The number of likely N-dealkylation sites (tertiary alicyclic amines) is 1. The maximum Gasteiger partial charge on any atom is 0.407 e. The minimum absolute atomic E-state index is 0.386. The Morgan fingerprint density at radius 3 is 2.38 bits per heavy atom. The molecule has 3 aromatic rings. The van der Waals surface area contributed by atoms with E-state index in [2.05, 4.69) is 54.1 Å². The van der Waals surface area contributed by atoms with Gasteiger partial charge in [0.25, 0.3) is 0 Å². The number of piperidine rings is 1. The molecule has 2 N–H and O–H groups in total. The average Bonchev–Trinajstić information content (AvgIpc) is 3.06. The van der Waals surface area contributed by atoms with Gasteiger partial charge in [-0.2, -0.15) is 0 Å². The Morgan fingerprint density at radius 2 is 1.79 bits per heavy atom. The number of aromatic nitrogens is 2. The van der Waals surface area contributed by atoms with E-state index < -0.39 is 6.09 Å². The number of hydrogen-bond donors (Lipinski definition) is 2. The fraction of sp³-hybridized carbons (Fsp3) is 0.417. The first kappa shape index (κ1) is 19.5. The third-order valence-corrected chi connectivity index (χ3v) is 6.05. The van der Waals surface area contributed by atoms with Gasteiger partial charge in [-0.15, -0.1) is 0 Å². The van der Waals surface area contributed by atoms with Gasteiger partial charge < -0.3 is 15.0 Å². The van der Waals surface area contributed by atoms with Gasteiger partial charge in [-0.25, -0.2) is 4.79 Å².